The van der Waals surface area contributed by atoms with Crippen LogP contribution in [0.25, 0.3) is 16.9 Å². The number of carbonyl (C=O) groups is 1. The number of benzene rings is 2. The van der Waals surface area contributed by atoms with E-state index >= 15 is 0 Å². The van der Waals surface area contributed by atoms with Gasteiger partial charge in [-0.2, -0.15) is 18.3 Å². The highest BCUT2D eigenvalue weighted by Gasteiger charge is 2.35. The van der Waals surface area contributed by atoms with Crippen LogP contribution in [0.1, 0.15) is 32.9 Å². The topological polar surface area (TPSA) is 59.3 Å². The Kier molecular flexibility index (Phi) is 5.00. The fourth-order valence-corrected chi connectivity index (χ4v) is 3.30. The van der Waals surface area contributed by atoms with Crippen molar-refractivity contribution in [2.24, 2.45) is 0 Å². The summed E-state index contributed by atoms with van der Waals surface area (Å²) in [6, 6.07) is 14.7. The molecule has 1 N–H and O–H groups in total. The van der Waals surface area contributed by atoms with E-state index in [4.69, 9.17) is 0 Å². The number of fused-ring (bicyclic) bond motifs is 1. The van der Waals surface area contributed by atoms with Gasteiger partial charge in [0.15, 0.2) is 17.0 Å². The molecule has 2 heterocycles. The molecular weight excluding hydrogens is 405 g/mol. The summed E-state index contributed by atoms with van der Waals surface area (Å²) in [4.78, 5) is 17.0. The molecule has 4 aromatic rings. The van der Waals surface area contributed by atoms with Crippen LogP contribution in [0.15, 0.2) is 54.6 Å². The second-order valence-electron chi connectivity index (χ2n) is 7.46. The minimum Gasteiger partial charge on any atom is -0.320 e. The molecular formula is C23H19F3N4O. The normalized spacial score (nSPS) is 11.7. The first-order chi connectivity index (χ1) is 14.6. The van der Waals surface area contributed by atoms with Gasteiger partial charge in [0.05, 0.1) is 5.69 Å². The van der Waals surface area contributed by atoms with Gasteiger partial charge in [-0.25, -0.2) is 9.50 Å². The number of aromatic nitrogens is 3. The molecule has 31 heavy (non-hydrogen) atoms. The van der Waals surface area contributed by atoms with E-state index in [-0.39, 0.29) is 17.0 Å². The molecule has 0 saturated carbocycles. The van der Waals surface area contributed by atoms with Crippen molar-refractivity contribution in [1.29, 1.82) is 0 Å². The number of carbonyl (C=O) groups excluding carboxylic acids is 1. The van der Waals surface area contributed by atoms with Crippen molar-refractivity contribution in [3.63, 3.8) is 0 Å². The molecule has 0 aliphatic carbocycles. The number of anilines is 1. The van der Waals surface area contributed by atoms with Gasteiger partial charge in [0.1, 0.15) is 0 Å². The second-order valence-corrected chi connectivity index (χ2v) is 7.46. The largest absolute Gasteiger partial charge is 0.433 e. The summed E-state index contributed by atoms with van der Waals surface area (Å²) in [5.41, 5.74) is 2.90. The zero-order chi connectivity index (χ0) is 22.3. The van der Waals surface area contributed by atoms with Crippen LogP contribution in [0.3, 0.4) is 0 Å². The van der Waals surface area contributed by atoms with Crippen LogP contribution in [0.5, 0.6) is 0 Å². The number of aryl methyl sites for hydroxylation is 3. The van der Waals surface area contributed by atoms with Gasteiger partial charge in [-0.05, 0) is 38.5 Å². The van der Waals surface area contributed by atoms with E-state index in [0.29, 0.717) is 15.8 Å². The summed E-state index contributed by atoms with van der Waals surface area (Å²) < 4.78 is 41.9. The van der Waals surface area contributed by atoms with Crippen molar-refractivity contribution in [1.82, 2.24) is 14.6 Å². The molecule has 5 nitrogen and oxygen atoms in total. The maximum absolute atomic E-state index is 13.7. The van der Waals surface area contributed by atoms with Crippen LogP contribution in [-0.4, -0.2) is 20.5 Å². The number of nitrogens with zero attached hydrogens (tertiary/aromatic N) is 3. The van der Waals surface area contributed by atoms with Crippen molar-refractivity contribution in [2.75, 3.05) is 5.32 Å². The molecule has 8 heteroatoms. The average Bonchev–Trinajstić information content (AvgIpc) is 3.13. The highest BCUT2D eigenvalue weighted by molar-refractivity contribution is 6.04. The smallest absolute Gasteiger partial charge is 0.320 e. The van der Waals surface area contributed by atoms with Gasteiger partial charge < -0.3 is 5.32 Å². The van der Waals surface area contributed by atoms with Gasteiger partial charge in [0.2, 0.25) is 0 Å². The molecule has 0 fully saturated rings. The third kappa shape index (κ3) is 4.14. The molecule has 0 saturated heterocycles. The van der Waals surface area contributed by atoms with Crippen LogP contribution in [-0.2, 0) is 6.18 Å². The van der Waals surface area contributed by atoms with Crippen molar-refractivity contribution in [3.8, 4) is 11.3 Å². The Hall–Kier alpha value is -3.68. The Morgan fingerprint density at radius 2 is 1.61 bits per heavy atom. The lowest BCUT2D eigenvalue weighted by Crippen LogP contribution is -2.16. The van der Waals surface area contributed by atoms with Gasteiger partial charge in [-0.3, -0.25) is 4.79 Å². The summed E-state index contributed by atoms with van der Waals surface area (Å²) in [6.45, 7) is 5.65. The summed E-state index contributed by atoms with van der Waals surface area (Å²) in [5, 5.41) is 6.60. The lowest BCUT2D eigenvalue weighted by molar-refractivity contribution is -0.142. The van der Waals surface area contributed by atoms with E-state index in [0.717, 1.165) is 22.8 Å². The Balaban J connectivity index is 1.78. The van der Waals surface area contributed by atoms with Gasteiger partial charge in [0, 0.05) is 17.3 Å². The van der Waals surface area contributed by atoms with Crippen molar-refractivity contribution < 1.29 is 18.0 Å². The van der Waals surface area contributed by atoms with E-state index in [1.54, 1.807) is 30.3 Å². The van der Waals surface area contributed by atoms with Gasteiger partial charge in [-0.15, -0.1) is 0 Å². The molecule has 0 atom stereocenters. The highest BCUT2D eigenvalue weighted by atomic mass is 19.4. The molecule has 0 radical (unpaired) electrons. The zero-order valence-corrected chi connectivity index (χ0v) is 17.1. The van der Waals surface area contributed by atoms with Crippen LogP contribution >= 0.6 is 0 Å². The monoisotopic (exact) mass is 424 g/mol. The number of hydrogen-bond donors (Lipinski definition) is 1. The third-order valence-corrected chi connectivity index (χ3v) is 4.93. The van der Waals surface area contributed by atoms with Crippen LogP contribution in [0.4, 0.5) is 18.9 Å². The maximum Gasteiger partial charge on any atom is 0.433 e. The molecule has 0 aliphatic heterocycles. The number of alkyl halides is 3. The van der Waals surface area contributed by atoms with Crippen molar-refractivity contribution in [3.05, 3.63) is 82.7 Å². The maximum atomic E-state index is 13.7. The average molecular weight is 424 g/mol. The first kappa shape index (κ1) is 20.6. The van der Waals surface area contributed by atoms with E-state index < -0.39 is 17.8 Å². The Labute approximate surface area is 176 Å². The first-order valence-electron chi connectivity index (χ1n) is 9.55. The molecule has 2 aromatic carbocycles. The lowest BCUT2D eigenvalue weighted by Gasteiger charge is -2.11. The molecule has 0 spiro atoms. The quantitative estimate of drug-likeness (QED) is 0.466. The van der Waals surface area contributed by atoms with Crippen molar-refractivity contribution in [2.45, 2.75) is 26.9 Å². The van der Waals surface area contributed by atoms with Gasteiger partial charge in [0.25, 0.3) is 5.91 Å². The number of hydrogen-bond acceptors (Lipinski definition) is 3. The van der Waals surface area contributed by atoms with Crippen LogP contribution in [0.2, 0.25) is 0 Å². The number of rotatable bonds is 3. The van der Waals surface area contributed by atoms with Gasteiger partial charge >= 0.3 is 6.18 Å². The summed E-state index contributed by atoms with van der Waals surface area (Å²) in [7, 11) is 0. The van der Waals surface area contributed by atoms with Crippen molar-refractivity contribution >= 4 is 17.2 Å². The Morgan fingerprint density at radius 3 is 2.26 bits per heavy atom. The van der Waals surface area contributed by atoms with E-state index in [2.05, 4.69) is 15.4 Å². The van der Waals surface area contributed by atoms with Gasteiger partial charge in [-0.1, -0.05) is 47.5 Å². The molecule has 158 valence electrons. The minimum atomic E-state index is -4.67. The number of halogens is 3. The fraction of sp³-hybridized carbons (Fsp3) is 0.174. The minimum absolute atomic E-state index is 0.0591. The van der Waals surface area contributed by atoms with E-state index in [9.17, 15) is 18.0 Å². The first-order valence-corrected chi connectivity index (χ1v) is 9.55. The number of nitrogens with one attached hydrogen (secondary N) is 1. The zero-order valence-electron chi connectivity index (χ0n) is 17.1. The third-order valence-electron chi connectivity index (χ3n) is 4.93. The SMILES string of the molecule is Cc1ccc(-c2cc(C(F)(F)F)n3nc(C(=O)Nc4ccc(C)cc4C)cc3n2)cc1. The standard InChI is InChI=1S/C23H19F3N4O/c1-13-4-7-16(8-5-13)18-11-20(23(24,25)26)30-21(27-18)12-19(29-30)22(31)28-17-9-6-14(2)10-15(17)3/h4-12H,1-3H3,(H,28,31). The summed E-state index contributed by atoms with van der Waals surface area (Å²) in [5.74, 6) is -0.609. The Bertz CT molecular complexity index is 1290. The molecule has 2 aromatic heterocycles. The van der Waals surface area contributed by atoms with E-state index in [1.807, 2.05) is 32.9 Å². The summed E-state index contributed by atoms with van der Waals surface area (Å²) >= 11 is 0. The lowest BCUT2D eigenvalue weighted by atomic mass is 10.1. The van der Waals surface area contributed by atoms with Crippen LogP contribution < -0.4 is 5.32 Å². The van der Waals surface area contributed by atoms with Crippen LogP contribution in [0, 0.1) is 20.8 Å². The number of amides is 1. The molecule has 0 unspecified atom stereocenters. The highest BCUT2D eigenvalue weighted by Crippen LogP contribution is 2.32. The Morgan fingerprint density at radius 1 is 0.935 bits per heavy atom. The molecule has 4 rings (SSSR count). The van der Waals surface area contributed by atoms with E-state index in [1.165, 1.54) is 6.07 Å². The molecule has 0 bridgehead atoms. The predicted octanol–water partition coefficient (Wildman–Crippen LogP) is 5.59. The fourth-order valence-electron chi connectivity index (χ4n) is 3.30. The summed E-state index contributed by atoms with van der Waals surface area (Å²) in [6.07, 6.45) is -4.67. The molecule has 0 aliphatic rings. The predicted molar refractivity (Wildman–Crippen MR) is 112 cm³/mol. The second kappa shape index (κ2) is 7.54. The molecule has 1 amide bonds.